The second-order valence-electron chi connectivity index (χ2n) is 6.51. The molecule has 0 fully saturated rings. The molecule has 30 heavy (non-hydrogen) atoms. The summed E-state index contributed by atoms with van der Waals surface area (Å²) in [5, 5.41) is 2.80. The summed E-state index contributed by atoms with van der Waals surface area (Å²) in [5.41, 5.74) is 6.59. The zero-order chi connectivity index (χ0) is 21.3. The Morgan fingerprint density at radius 3 is 2.67 bits per heavy atom. The van der Waals surface area contributed by atoms with Crippen molar-refractivity contribution in [1.82, 2.24) is 4.98 Å². The van der Waals surface area contributed by atoms with Crippen LogP contribution in [0.3, 0.4) is 0 Å². The van der Waals surface area contributed by atoms with E-state index in [1.54, 1.807) is 24.4 Å². The average molecular weight is 409 g/mol. The minimum absolute atomic E-state index is 0.157. The summed E-state index contributed by atoms with van der Waals surface area (Å²) in [6.45, 7) is -0.283. The van der Waals surface area contributed by atoms with Crippen LogP contribution in [0.2, 0.25) is 0 Å². The van der Waals surface area contributed by atoms with Gasteiger partial charge in [-0.2, -0.15) is 0 Å². The van der Waals surface area contributed by atoms with Gasteiger partial charge in [-0.05, 0) is 18.6 Å². The van der Waals surface area contributed by atoms with E-state index in [0.29, 0.717) is 48.1 Å². The van der Waals surface area contributed by atoms with E-state index in [0.717, 1.165) is 5.56 Å². The zero-order valence-corrected chi connectivity index (χ0v) is 16.6. The third-order valence-electron chi connectivity index (χ3n) is 4.22. The van der Waals surface area contributed by atoms with Gasteiger partial charge < -0.3 is 24.9 Å². The third kappa shape index (κ3) is 5.84. The predicted octanol–water partition coefficient (Wildman–Crippen LogP) is 3.18. The van der Waals surface area contributed by atoms with E-state index in [1.165, 1.54) is 7.11 Å². The van der Waals surface area contributed by atoms with Crippen LogP contribution < -0.4 is 20.5 Å². The van der Waals surface area contributed by atoms with Crippen molar-refractivity contribution in [2.24, 2.45) is 5.73 Å². The lowest BCUT2D eigenvalue weighted by Crippen LogP contribution is -2.20. The van der Waals surface area contributed by atoms with Gasteiger partial charge in [-0.15, -0.1) is 0 Å². The lowest BCUT2D eigenvalue weighted by Gasteiger charge is -2.12. The predicted molar refractivity (Wildman–Crippen MR) is 111 cm³/mol. The summed E-state index contributed by atoms with van der Waals surface area (Å²) < 4.78 is 16.2. The minimum atomic E-state index is -0.603. The molecule has 0 aliphatic heterocycles. The Bertz CT molecular complexity index is 1000. The van der Waals surface area contributed by atoms with Gasteiger partial charge in [0.2, 0.25) is 5.91 Å². The van der Waals surface area contributed by atoms with E-state index < -0.39 is 5.91 Å². The van der Waals surface area contributed by atoms with Gasteiger partial charge in [0, 0.05) is 30.2 Å². The van der Waals surface area contributed by atoms with Crippen LogP contribution >= 0.6 is 0 Å². The van der Waals surface area contributed by atoms with Crippen molar-refractivity contribution in [1.29, 1.82) is 0 Å². The molecule has 156 valence electrons. The molecular formula is C22H23N3O5. The Labute approximate surface area is 174 Å². The Balaban J connectivity index is 1.50. The highest BCUT2D eigenvalue weighted by atomic mass is 16.5. The Morgan fingerprint density at radius 1 is 1.13 bits per heavy atom. The first-order chi connectivity index (χ1) is 14.5. The maximum atomic E-state index is 12.3. The van der Waals surface area contributed by atoms with Gasteiger partial charge in [-0.1, -0.05) is 30.3 Å². The van der Waals surface area contributed by atoms with Crippen molar-refractivity contribution >= 4 is 17.5 Å². The van der Waals surface area contributed by atoms with E-state index in [9.17, 15) is 9.59 Å². The molecule has 0 atom stereocenters. The van der Waals surface area contributed by atoms with Crippen LogP contribution in [0.5, 0.6) is 11.5 Å². The Hall–Kier alpha value is -3.81. The summed E-state index contributed by atoms with van der Waals surface area (Å²) in [6.07, 6.45) is 3.12. The van der Waals surface area contributed by atoms with E-state index >= 15 is 0 Å². The molecule has 3 aromatic rings. The molecule has 0 aliphatic rings. The first-order valence-corrected chi connectivity index (χ1v) is 9.44. The number of nitrogens with zero attached hydrogens (tertiary/aromatic N) is 1. The third-order valence-corrected chi connectivity index (χ3v) is 4.22. The van der Waals surface area contributed by atoms with Crippen LogP contribution in [0.15, 0.2) is 59.1 Å². The SMILES string of the molecule is COc1ccc(NC(=O)CCCc2ncc(-c3ccccc3)o2)cc1OCC(N)=O. The highest BCUT2D eigenvalue weighted by molar-refractivity contribution is 5.91. The molecule has 8 nitrogen and oxygen atoms in total. The quantitative estimate of drug-likeness (QED) is 0.531. The summed E-state index contributed by atoms with van der Waals surface area (Å²) in [6, 6.07) is 14.6. The number of hydrogen-bond donors (Lipinski definition) is 2. The van der Waals surface area contributed by atoms with Gasteiger partial charge in [0.1, 0.15) is 0 Å². The monoisotopic (exact) mass is 409 g/mol. The summed E-state index contributed by atoms with van der Waals surface area (Å²) >= 11 is 0. The maximum Gasteiger partial charge on any atom is 0.255 e. The van der Waals surface area contributed by atoms with Gasteiger partial charge in [-0.25, -0.2) is 4.98 Å². The number of nitrogens with two attached hydrogens (primary N) is 1. The first kappa shape index (κ1) is 20.9. The minimum Gasteiger partial charge on any atom is -0.493 e. The highest BCUT2D eigenvalue weighted by Crippen LogP contribution is 2.30. The number of primary amides is 1. The molecule has 3 rings (SSSR count). The lowest BCUT2D eigenvalue weighted by molar-refractivity contribution is -0.120. The number of carbonyl (C=O) groups excluding carboxylic acids is 2. The van der Waals surface area contributed by atoms with Crippen LogP contribution in [0.4, 0.5) is 5.69 Å². The van der Waals surface area contributed by atoms with Gasteiger partial charge >= 0.3 is 0 Å². The van der Waals surface area contributed by atoms with Gasteiger partial charge in [0.15, 0.2) is 29.8 Å². The number of rotatable bonds is 10. The maximum absolute atomic E-state index is 12.3. The Kier molecular flexibility index (Phi) is 7.05. The summed E-state index contributed by atoms with van der Waals surface area (Å²) in [4.78, 5) is 27.5. The highest BCUT2D eigenvalue weighted by Gasteiger charge is 2.11. The van der Waals surface area contributed by atoms with Crippen LogP contribution in [0.1, 0.15) is 18.7 Å². The van der Waals surface area contributed by atoms with Gasteiger partial charge in [0.05, 0.1) is 13.3 Å². The number of amides is 2. The molecule has 2 aromatic carbocycles. The molecule has 0 saturated heterocycles. The molecule has 0 radical (unpaired) electrons. The number of aryl methyl sites for hydroxylation is 1. The molecule has 0 aliphatic carbocycles. The fourth-order valence-electron chi connectivity index (χ4n) is 2.80. The molecule has 1 heterocycles. The molecular weight excluding hydrogens is 386 g/mol. The molecule has 8 heteroatoms. The van der Waals surface area contributed by atoms with E-state index in [-0.39, 0.29) is 12.5 Å². The number of carbonyl (C=O) groups is 2. The van der Waals surface area contributed by atoms with Gasteiger partial charge in [-0.3, -0.25) is 9.59 Å². The summed E-state index contributed by atoms with van der Waals surface area (Å²) in [7, 11) is 1.48. The zero-order valence-electron chi connectivity index (χ0n) is 16.6. The van der Waals surface area contributed by atoms with Crippen molar-refractivity contribution in [2.75, 3.05) is 19.0 Å². The standard InChI is InChI=1S/C22H23N3O5/c1-28-17-11-10-16(12-18(17)29-14-20(23)26)25-21(27)8-5-9-22-24-13-19(30-22)15-6-3-2-4-7-15/h2-4,6-7,10-13H,5,8-9,14H2,1H3,(H2,23,26)(H,25,27). The fourth-order valence-corrected chi connectivity index (χ4v) is 2.80. The number of nitrogens with one attached hydrogen (secondary N) is 1. The molecule has 2 amide bonds. The number of benzene rings is 2. The molecule has 0 spiro atoms. The lowest BCUT2D eigenvalue weighted by atomic mass is 10.2. The van der Waals surface area contributed by atoms with Crippen LogP contribution in [0, 0.1) is 0 Å². The molecule has 0 saturated carbocycles. The van der Waals surface area contributed by atoms with E-state index in [4.69, 9.17) is 19.6 Å². The molecule has 0 bridgehead atoms. The number of hydrogen-bond acceptors (Lipinski definition) is 6. The number of ether oxygens (including phenoxy) is 2. The molecule has 3 N–H and O–H groups in total. The largest absolute Gasteiger partial charge is 0.493 e. The first-order valence-electron chi connectivity index (χ1n) is 9.44. The van der Waals surface area contributed by atoms with E-state index in [1.807, 2.05) is 30.3 Å². The molecule has 1 aromatic heterocycles. The number of anilines is 1. The summed E-state index contributed by atoms with van der Waals surface area (Å²) in [5.74, 6) is 1.30. The number of aromatic nitrogens is 1. The fraction of sp³-hybridized carbons (Fsp3) is 0.227. The normalized spacial score (nSPS) is 10.4. The van der Waals surface area contributed by atoms with Crippen molar-refractivity contribution in [3.63, 3.8) is 0 Å². The second kappa shape index (κ2) is 10.1. The number of oxazole rings is 1. The van der Waals surface area contributed by atoms with Crippen LogP contribution in [0.25, 0.3) is 11.3 Å². The topological polar surface area (TPSA) is 117 Å². The van der Waals surface area contributed by atoms with Gasteiger partial charge in [0.25, 0.3) is 5.91 Å². The van der Waals surface area contributed by atoms with Crippen molar-refractivity contribution in [3.8, 4) is 22.8 Å². The average Bonchev–Trinajstić information content (AvgIpc) is 3.22. The van der Waals surface area contributed by atoms with Crippen molar-refractivity contribution < 1.29 is 23.5 Å². The van der Waals surface area contributed by atoms with Crippen LogP contribution in [-0.2, 0) is 16.0 Å². The smallest absolute Gasteiger partial charge is 0.255 e. The van der Waals surface area contributed by atoms with Crippen molar-refractivity contribution in [3.05, 3.63) is 60.6 Å². The van der Waals surface area contributed by atoms with Crippen LogP contribution in [-0.4, -0.2) is 30.5 Å². The van der Waals surface area contributed by atoms with E-state index in [2.05, 4.69) is 10.3 Å². The molecule has 0 unspecified atom stereocenters. The number of methoxy groups -OCH3 is 1. The van der Waals surface area contributed by atoms with Crippen molar-refractivity contribution in [2.45, 2.75) is 19.3 Å². The Morgan fingerprint density at radius 2 is 1.93 bits per heavy atom. The second-order valence-corrected chi connectivity index (χ2v) is 6.51.